The number of nitrogens with zero attached hydrogens (tertiary/aromatic N) is 1. The molecule has 0 aromatic heterocycles. The lowest BCUT2D eigenvalue weighted by Gasteiger charge is -2.11. The first-order valence-electron chi connectivity index (χ1n) is 6.04. The quantitative estimate of drug-likeness (QED) is 0.908. The Kier molecular flexibility index (Phi) is 4.36. The van der Waals surface area contributed by atoms with E-state index in [1.165, 1.54) is 31.4 Å². The van der Waals surface area contributed by atoms with Crippen LogP contribution in [-0.2, 0) is 0 Å². The van der Waals surface area contributed by atoms with E-state index in [9.17, 15) is 9.18 Å². The molecule has 6 heteroatoms. The van der Waals surface area contributed by atoms with E-state index in [0.29, 0.717) is 22.7 Å². The standard InChI is InChI=1S/C15H12FN3O2/c1-21-14-7-10(9-17)5-6-13(14)19-15(20)18-12-4-2-3-11(16)8-12/h2-8H,1H3,(H2,18,19,20). The smallest absolute Gasteiger partial charge is 0.323 e. The molecular formula is C15H12FN3O2. The summed E-state index contributed by atoms with van der Waals surface area (Å²) in [5.74, 6) is -0.0767. The molecule has 0 saturated heterocycles. The summed E-state index contributed by atoms with van der Waals surface area (Å²) in [6.45, 7) is 0. The van der Waals surface area contributed by atoms with Crippen molar-refractivity contribution in [3.8, 4) is 11.8 Å². The Labute approximate surface area is 121 Å². The molecule has 0 atom stereocenters. The number of nitrogens with one attached hydrogen (secondary N) is 2. The molecule has 0 unspecified atom stereocenters. The number of anilines is 2. The minimum absolute atomic E-state index is 0.333. The average Bonchev–Trinajstić information content (AvgIpc) is 2.47. The molecule has 0 aliphatic carbocycles. The first-order chi connectivity index (χ1) is 10.1. The van der Waals surface area contributed by atoms with Crippen molar-refractivity contribution in [1.82, 2.24) is 0 Å². The number of nitriles is 1. The van der Waals surface area contributed by atoms with Crippen LogP contribution in [-0.4, -0.2) is 13.1 Å². The number of methoxy groups -OCH3 is 1. The second-order valence-corrected chi connectivity index (χ2v) is 4.12. The van der Waals surface area contributed by atoms with Gasteiger partial charge in [-0.25, -0.2) is 9.18 Å². The molecule has 2 rings (SSSR count). The molecule has 0 spiro atoms. The predicted octanol–water partition coefficient (Wildman–Crippen LogP) is 3.35. The van der Waals surface area contributed by atoms with Gasteiger partial charge in [0, 0.05) is 11.8 Å². The average molecular weight is 285 g/mol. The molecule has 0 heterocycles. The van der Waals surface area contributed by atoms with Crippen LogP contribution in [0.1, 0.15) is 5.56 Å². The molecule has 0 aliphatic heterocycles. The molecule has 21 heavy (non-hydrogen) atoms. The molecule has 2 aromatic carbocycles. The van der Waals surface area contributed by atoms with Gasteiger partial charge in [0.25, 0.3) is 0 Å². The van der Waals surface area contributed by atoms with Crippen molar-refractivity contribution in [3.05, 3.63) is 53.8 Å². The zero-order chi connectivity index (χ0) is 15.2. The molecule has 2 amide bonds. The number of benzene rings is 2. The minimum atomic E-state index is -0.538. The highest BCUT2D eigenvalue weighted by atomic mass is 19.1. The molecule has 2 aromatic rings. The van der Waals surface area contributed by atoms with Crippen molar-refractivity contribution < 1.29 is 13.9 Å². The third-order valence-electron chi connectivity index (χ3n) is 2.66. The third kappa shape index (κ3) is 3.70. The van der Waals surface area contributed by atoms with E-state index in [0.717, 1.165) is 0 Å². The number of carbonyl (C=O) groups is 1. The van der Waals surface area contributed by atoms with Crippen LogP contribution < -0.4 is 15.4 Å². The fraction of sp³-hybridized carbons (Fsp3) is 0.0667. The summed E-state index contributed by atoms with van der Waals surface area (Å²) in [4.78, 5) is 11.9. The van der Waals surface area contributed by atoms with Crippen LogP contribution in [0.3, 0.4) is 0 Å². The summed E-state index contributed by atoms with van der Waals surface area (Å²) in [6, 6.07) is 11.6. The Morgan fingerprint density at radius 1 is 1.24 bits per heavy atom. The summed E-state index contributed by atoms with van der Waals surface area (Å²) in [6.07, 6.45) is 0. The maximum atomic E-state index is 13.0. The van der Waals surface area contributed by atoms with Crippen molar-refractivity contribution in [1.29, 1.82) is 5.26 Å². The van der Waals surface area contributed by atoms with Crippen LogP contribution in [0.4, 0.5) is 20.6 Å². The lowest BCUT2D eigenvalue weighted by atomic mass is 10.2. The molecule has 0 radical (unpaired) electrons. The number of rotatable bonds is 3. The van der Waals surface area contributed by atoms with Crippen LogP contribution >= 0.6 is 0 Å². The van der Waals surface area contributed by atoms with Gasteiger partial charge in [0.2, 0.25) is 0 Å². The third-order valence-corrected chi connectivity index (χ3v) is 2.66. The molecule has 106 valence electrons. The number of urea groups is 1. The van der Waals surface area contributed by atoms with E-state index in [2.05, 4.69) is 10.6 Å². The fourth-order valence-corrected chi connectivity index (χ4v) is 1.71. The first-order valence-corrected chi connectivity index (χ1v) is 6.04. The highest BCUT2D eigenvalue weighted by Gasteiger charge is 2.09. The summed E-state index contributed by atoms with van der Waals surface area (Å²) in [5, 5.41) is 13.9. The van der Waals surface area contributed by atoms with Crippen molar-refractivity contribution in [3.63, 3.8) is 0 Å². The summed E-state index contributed by atoms with van der Waals surface area (Å²) < 4.78 is 18.1. The lowest BCUT2D eigenvalue weighted by Crippen LogP contribution is -2.19. The van der Waals surface area contributed by atoms with Crippen LogP contribution in [0.2, 0.25) is 0 Å². The number of amides is 2. The number of ether oxygens (including phenoxy) is 1. The number of carbonyl (C=O) groups excluding carboxylic acids is 1. The number of hydrogen-bond acceptors (Lipinski definition) is 3. The van der Waals surface area contributed by atoms with E-state index >= 15 is 0 Å². The highest BCUT2D eigenvalue weighted by molar-refractivity contribution is 6.00. The predicted molar refractivity (Wildman–Crippen MR) is 76.8 cm³/mol. The molecule has 5 nitrogen and oxygen atoms in total. The van der Waals surface area contributed by atoms with Gasteiger partial charge in [-0.2, -0.15) is 5.26 Å². The largest absolute Gasteiger partial charge is 0.495 e. The van der Waals surface area contributed by atoms with Crippen molar-refractivity contribution in [2.24, 2.45) is 0 Å². The topological polar surface area (TPSA) is 74.1 Å². The Balaban J connectivity index is 2.11. The maximum absolute atomic E-state index is 13.0. The summed E-state index contributed by atoms with van der Waals surface area (Å²) >= 11 is 0. The van der Waals surface area contributed by atoms with Gasteiger partial charge in [0.15, 0.2) is 0 Å². The molecule has 0 bridgehead atoms. The number of halogens is 1. The van der Waals surface area contributed by atoms with Gasteiger partial charge in [-0.3, -0.25) is 0 Å². The zero-order valence-corrected chi connectivity index (χ0v) is 11.2. The monoisotopic (exact) mass is 285 g/mol. The van der Waals surface area contributed by atoms with Crippen LogP contribution in [0.15, 0.2) is 42.5 Å². The van der Waals surface area contributed by atoms with Gasteiger partial charge in [-0.15, -0.1) is 0 Å². The van der Waals surface area contributed by atoms with Gasteiger partial charge < -0.3 is 15.4 Å². The van der Waals surface area contributed by atoms with E-state index in [1.807, 2.05) is 6.07 Å². The Morgan fingerprint density at radius 2 is 2.05 bits per heavy atom. The van der Waals surface area contributed by atoms with Gasteiger partial charge >= 0.3 is 6.03 Å². The van der Waals surface area contributed by atoms with Crippen molar-refractivity contribution in [2.75, 3.05) is 17.7 Å². The van der Waals surface area contributed by atoms with E-state index < -0.39 is 11.8 Å². The molecular weight excluding hydrogens is 273 g/mol. The van der Waals surface area contributed by atoms with Crippen LogP contribution in [0, 0.1) is 17.1 Å². The lowest BCUT2D eigenvalue weighted by molar-refractivity contribution is 0.262. The van der Waals surface area contributed by atoms with Gasteiger partial charge in [-0.1, -0.05) is 6.07 Å². The van der Waals surface area contributed by atoms with Crippen molar-refractivity contribution >= 4 is 17.4 Å². The highest BCUT2D eigenvalue weighted by Crippen LogP contribution is 2.25. The fourth-order valence-electron chi connectivity index (χ4n) is 1.71. The maximum Gasteiger partial charge on any atom is 0.323 e. The molecule has 0 fully saturated rings. The summed E-state index contributed by atoms with van der Waals surface area (Å²) in [5.41, 5.74) is 1.16. The van der Waals surface area contributed by atoms with Gasteiger partial charge in [0.05, 0.1) is 24.4 Å². The Morgan fingerprint density at radius 3 is 2.71 bits per heavy atom. The normalized spacial score (nSPS) is 9.57. The SMILES string of the molecule is COc1cc(C#N)ccc1NC(=O)Nc1cccc(F)c1. The number of hydrogen-bond donors (Lipinski definition) is 2. The van der Waals surface area contributed by atoms with Crippen molar-refractivity contribution in [2.45, 2.75) is 0 Å². The van der Waals surface area contributed by atoms with E-state index in [1.54, 1.807) is 18.2 Å². The van der Waals surface area contributed by atoms with Crippen LogP contribution in [0.25, 0.3) is 0 Å². The Bertz CT molecular complexity index is 710. The second kappa shape index (κ2) is 6.39. The molecule has 0 aliphatic rings. The summed E-state index contributed by atoms with van der Waals surface area (Å²) in [7, 11) is 1.44. The molecule has 0 saturated carbocycles. The van der Waals surface area contributed by atoms with Crippen LogP contribution in [0.5, 0.6) is 5.75 Å². The van der Waals surface area contributed by atoms with E-state index in [4.69, 9.17) is 10.00 Å². The Hall–Kier alpha value is -3.07. The molecule has 2 N–H and O–H groups in total. The minimum Gasteiger partial charge on any atom is -0.495 e. The van der Waals surface area contributed by atoms with Gasteiger partial charge in [-0.05, 0) is 30.3 Å². The van der Waals surface area contributed by atoms with Gasteiger partial charge in [0.1, 0.15) is 11.6 Å². The zero-order valence-electron chi connectivity index (χ0n) is 11.2. The first kappa shape index (κ1) is 14.3. The second-order valence-electron chi connectivity index (χ2n) is 4.12. The van der Waals surface area contributed by atoms with E-state index in [-0.39, 0.29) is 0 Å².